The molecule has 2 aromatic rings. The minimum absolute atomic E-state index is 0.0625. The molecule has 3 atom stereocenters. The molecule has 0 bridgehead atoms. The van der Waals surface area contributed by atoms with E-state index in [9.17, 15) is 18.3 Å². The maximum atomic E-state index is 15.9. The van der Waals surface area contributed by atoms with Crippen molar-refractivity contribution >= 4 is 33.8 Å². The Balaban J connectivity index is 0.00000197. The topological polar surface area (TPSA) is 148 Å². The zero-order chi connectivity index (χ0) is 31.3. The van der Waals surface area contributed by atoms with Gasteiger partial charge < -0.3 is 26.2 Å². The largest absolute Gasteiger partial charge is 0.483 e. The normalized spacial score (nSPS) is 16.5. The van der Waals surface area contributed by atoms with Crippen LogP contribution >= 0.6 is 0 Å². The number of halogens is 1. The Bertz CT molecular complexity index is 1250. The zero-order valence-electron chi connectivity index (χ0n) is 24.8. The van der Waals surface area contributed by atoms with Crippen LogP contribution in [0.3, 0.4) is 0 Å². The fraction of sp³-hybridized carbons (Fsp3) is 0.533. The number of aliphatic hydroxyl groups excluding tert-OH is 1. The number of benzene rings is 2. The number of aliphatic hydroxyl groups is 1. The molecular weight excluding hydrogens is 563 g/mol. The molecule has 1 fully saturated rings. The predicted molar refractivity (Wildman–Crippen MR) is 164 cm³/mol. The summed E-state index contributed by atoms with van der Waals surface area (Å²) in [5.74, 6) is -1.17. The van der Waals surface area contributed by atoms with Crippen molar-refractivity contribution in [3.05, 3.63) is 59.4 Å². The molecule has 42 heavy (non-hydrogen) atoms. The van der Waals surface area contributed by atoms with Crippen LogP contribution in [0.5, 0.6) is 0 Å². The summed E-state index contributed by atoms with van der Waals surface area (Å²) in [6.07, 6.45) is 1.47. The number of carbonyl (C=O) groups excluding carboxylic acids is 1. The van der Waals surface area contributed by atoms with Crippen LogP contribution in [0, 0.1) is 11.7 Å². The van der Waals surface area contributed by atoms with Crippen LogP contribution in [-0.4, -0.2) is 74.6 Å². The lowest BCUT2D eigenvalue weighted by molar-refractivity contribution is -0.122. The Morgan fingerprint density at radius 3 is 2.40 bits per heavy atom. The molecule has 12 heteroatoms. The van der Waals surface area contributed by atoms with Gasteiger partial charge in [0.25, 0.3) is 12.4 Å². The molecule has 2 aromatic carbocycles. The molecule has 1 amide bonds. The number of anilines is 2. The first kappa shape index (κ1) is 35.0. The molecule has 5 N–H and O–H groups in total. The van der Waals surface area contributed by atoms with Crippen molar-refractivity contribution in [2.45, 2.75) is 71.6 Å². The minimum atomic E-state index is -3.69. The van der Waals surface area contributed by atoms with Crippen molar-refractivity contribution in [1.29, 1.82) is 0 Å². The molecule has 0 radical (unpaired) electrons. The van der Waals surface area contributed by atoms with Gasteiger partial charge in [-0.05, 0) is 63.1 Å². The third-order valence-corrected chi connectivity index (χ3v) is 8.73. The average Bonchev–Trinajstić information content (AvgIpc) is 2.93. The fourth-order valence-corrected chi connectivity index (χ4v) is 6.60. The number of rotatable bonds is 13. The van der Waals surface area contributed by atoms with Crippen LogP contribution in [0.15, 0.2) is 42.5 Å². The lowest BCUT2D eigenvalue weighted by Gasteiger charge is -2.30. The second-order valence-electron chi connectivity index (χ2n) is 10.9. The highest BCUT2D eigenvalue weighted by Gasteiger charge is 2.32. The minimum Gasteiger partial charge on any atom is -0.483 e. The molecule has 1 aliphatic rings. The average molecular weight is 609 g/mol. The third kappa shape index (κ3) is 10.6. The quantitative estimate of drug-likeness (QED) is 0.217. The van der Waals surface area contributed by atoms with Gasteiger partial charge in [0.05, 0.1) is 29.1 Å². The maximum absolute atomic E-state index is 15.9. The summed E-state index contributed by atoms with van der Waals surface area (Å²) in [6.45, 7) is 8.84. The molecule has 1 unspecified atom stereocenters. The van der Waals surface area contributed by atoms with Crippen LogP contribution in [0.4, 0.5) is 15.8 Å². The van der Waals surface area contributed by atoms with E-state index in [0.29, 0.717) is 37.4 Å². The van der Waals surface area contributed by atoms with Gasteiger partial charge in [0.2, 0.25) is 10.0 Å². The highest BCUT2D eigenvalue weighted by molar-refractivity contribution is 7.92. The van der Waals surface area contributed by atoms with E-state index in [-0.39, 0.29) is 42.6 Å². The molecule has 0 aromatic heterocycles. The van der Waals surface area contributed by atoms with Crippen LogP contribution in [0.1, 0.15) is 62.9 Å². The highest BCUT2D eigenvalue weighted by atomic mass is 32.2. The van der Waals surface area contributed by atoms with Gasteiger partial charge in [-0.15, -0.1) is 0 Å². The van der Waals surface area contributed by atoms with Gasteiger partial charge in [0.1, 0.15) is 0 Å². The van der Waals surface area contributed by atoms with Gasteiger partial charge in [0.15, 0.2) is 5.82 Å². The van der Waals surface area contributed by atoms with E-state index in [2.05, 4.69) is 36.7 Å². The number of carboxylic acid groups (broad SMARTS) is 1. The van der Waals surface area contributed by atoms with Crippen LogP contribution in [0.2, 0.25) is 0 Å². The number of nitrogens with one attached hydrogen (secondary N) is 3. The first-order valence-electron chi connectivity index (χ1n) is 14.3. The SMILES string of the molecule is CCNc1cc(C(=O)N[C@@H](Cc2ccccc2)[C@H](O)CNC(C)CC(C)C)c(F)c(N2CCCCS2(=O)=O)c1.O=CO. The van der Waals surface area contributed by atoms with Gasteiger partial charge in [0, 0.05) is 31.4 Å². The molecule has 3 rings (SSSR count). The van der Waals surface area contributed by atoms with Crippen LogP contribution < -0.4 is 20.3 Å². The standard InChI is InChI=1S/C29H43FN4O4S.CH2O2/c1-5-31-23-17-24(28(30)26(18-23)34-13-9-10-14-39(34,37)38)29(36)33-25(16-22-11-7-6-8-12-22)27(35)19-32-21(4)15-20(2)3;2-1-3/h6-8,11-12,17-18,20-21,25,27,31-32,35H,5,9-10,13-16,19H2,1-4H3,(H,33,36);1H,(H,2,3)/t21?,25-,27+;/m0./s1. The first-order valence-corrected chi connectivity index (χ1v) is 16.0. The van der Waals surface area contributed by atoms with Gasteiger partial charge in [-0.25, -0.2) is 12.8 Å². The van der Waals surface area contributed by atoms with Crippen molar-refractivity contribution < 1.29 is 32.6 Å². The van der Waals surface area contributed by atoms with E-state index in [1.165, 1.54) is 12.1 Å². The van der Waals surface area contributed by atoms with Gasteiger partial charge in [-0.3, -0.25) is 13.9 Å². The fourth-order valence-electron chi connectivity index (χ4n) is 4.97. The number of nitrogens with zero attached hydrogens (tertiary/aromatic N) is 1. The van der Waals surface area contributed by atoms with E-state index in [1.807, 2.05) is 37.3 Å². The lowest BCUT2D eigenvalue weighted by atomic mass is 9.99. The third-order valence-electron chi connectivity index (χ3n) is 6.88. The summed E-state index contributed by atoms with van der Waals surface area (Å²) in [7, 11) is -3.69. The summed E-state index contributed by atoms with van der Waals surface area (Å²) in [4.78, 5) is 21.9. The van der Waals surface area contributed by atoms with Gasteiger partial charge >= 0.3 is 0 Å². The molecule has 0 aliphatic carbocycles. The molecule has 10 nitrogen and oxygen atoms in total. The van der Waals surface area contributed by atoms with Crippen molar-refractivity contribution in [2.75, 3.05) is 35.0 Å². The number of sulfonamides is 1. The molecule has 1 aliphatic heterocycles. The molecule has 234 valence electrons. The van der Waals surface area contributed by atoms with Crippen molar-refractivity contribution in [3.63, 3.8) is 0 Å². The zero-order valence-corrected chi connectivity index (χ0v) is 25.7. The number of hydrogen-bond donors (Lipinski definition) is 5. The summed E-state index contributed by atoms with van der Waals surface area (Å²) >= 11 is 0. The number of carbonyl (C=O) groups is 2. The Hall–Kier alpha value is -3.22. The van der Waals surface area contributed by atoms with E-state index >= 15 is 4.39 Å². The second kappa shape index (κ2) is 17.0. The van der Waals surface area contributed by atoms with Gasteiger partial charge in [-0.2, -0.15) is 0 Å². The van der Waals surface area contributed by atoms with E-state index in [0.717, 1.165) is 16.3 Å². The highest BCUT2D eigenvalue weighted by Crippen LogP contribution is 2.32. The summed E-state index contributed by atoms with van der Waals surface area (Å²) in [6, 6.07) is 11.8. The predicted octanol–water partition coefficient (Wildman–Crippen LogP) is 3.61. The lowest BCUT2D eigenvalue weighted by Crippen LogP contribution is -2.50. The molecule has 1 saturated heterocycles. The molecule has 0 saturated carbocycles. The molecule has 1 heterocycles. The Labute approximate surface area is 248 Å². The van der Waals surface area contributed by atoms with E-state index in [1.54, 1.807) is 0 Å². The van der Waals surface area contributed by atoms with Gasteiger partial charge in [-0.1, -0.05) is 44.2 Å². The summed E-state index contributed by atoms with van der Waals surface area (Å²) < 4.78 is 42.4. The first-order chi connectivity index (χ1) is 19.9. The van der Waals surface area contributed by atoms with Crippen molar-refractivity contribution in [2.24, 2.45) is 5.92 Å². The summed E-state index contributed by atoms with van der Waals surface area (Å²) in [5, 5.41) is 27.3. The van der Waals surface area contributed by atoms with E-state index < -0.39 is 33.9 Å². The molecule has 0 spiro atoms. The number of amides is 1. The van der Waals surface area contributed by atoms with Crippen LogP contribution in [-0.2, 0) is 21.2 Å². The molecular formula is C30H45FN4O6S. The Morgan fingerprint density at radius 1 is 1.14 bits per heavy atom. The van der Waals surface area contributed by atoms with Crippen LogP contribution in [0.25, 0.3) is 0 Å². The Morgan fingerprint density at radius 2 is 1.81 bits per heavy atom. The number of hydrogen-bond acceptors (Lipinski definition) is 7. The maximum Gasteiger partial charge on any atom is 0.290 e. The second-order valence-corrected chi connectivity index (χ2v) is 12.9. The smallest absolute Gasteiger partial charge is 0.290 e. The van der Waals surface area contributed by atoms with E-state index in [4.69, 9.17) is 9.90 Å². The monoisotopic (exact) mass is 608 g/mol. The summed E-state index contributed by atoms with van der Waals surface area (Å²) in [5.41, 5.74) is 0.960. The van der Waals surface area contributed by atoms with Crippen molar-refractivity contribution in [1.82, 2.24) is 10.6 Å². The Kier molecular flexibility index (Phi) is 14.2. The van der Waals surface area contributed by atoms with Crippen molar-refractivity contribution in [3.8, 4) is 0 Å².